The molecule has 10 nitrogen and oxygen atoms in total. The number of rotatable bonds is 5. The molecule has 3 atom stereocenters. The molecule has 1 aliphatic heterocycles. The lowest BCUT2D eigenvalue weighted by Crippen LogP contribution is -2.45. The van der Waals surface area contributed by atoms with Crippen LogP contribution in [0.2, 0.25) is 0 Å². The summed E-state index contributed by atoms with van der Waals surface area (Å²) in [5, 5.41) is 21.5. The van der Waals surface area contributed by atoms with Gasteiger partial charge in [0.1, 0.15) is 11.9 Å². The fraction of sp³-hybridized carbons (Fsp3) is 0.290. The number of hydrogen-bond donors (Lipinski definition) is 1. The molecule has 0 radical (unpaired) electrons. The van der Waals surface area contributed by atoms with E-state index < -0.39 is 17.3 Å². The quantitative estimate of drug-likeness (QED) is 0.341. The van der Waals surface area contributed by atoms with Crippen LogP contribution in [-0.4, -0.2) is 53.9 Å². The smallest absolute Gasteiger partial charge is 0.273 e. The zero-order valence-electron chi connectivity index (χ0n) is 23.2. The number of aryl methyl sites for hydroxylation is 1. The zero-order chi connectivity index (χ0) is 29.0. The molecule has 0 aromatic carbocycles. The topological polar surface area (TPSA) is 117 Å². The molecule has 210 valence electrons. The van der Waals surface area contributed by atoms with Gasteiger partial charge in [0.05, 0.1) is 23.5 Å². The van der Waals surface area contributed by atoms with Crippen molar-refractivity contribution < 1.29 is 9.18 Å². The monoisotopic (exact) mass is 561 g/mol. The Labute approximate surface area is 241 Å². The van der Waals surface area contributed by atoms with E-state index in [0.717, 1.165) is 59.5 Å². The first-order valence-electron chi connectivity index (χ1n) is 13.9. The van der Waals surface area contributed by atoms with Gasteiger partial charge in [0, 0.05) is 72.7 Å². The van der Waals surface area contributed by atoms with E-state index in [1.54, 1.807) is 21.6 Å². The average Bonchev–Trinajstić information content (AvgIpc) is 3.75. The SMILES string of the molecule is Cn1cc(-c2cc(-c3ccc(N4C[C@@H]5CC(C)(NC(=O)c6ncccc6F)C[C@@H]5C4)nc3)c3c(C#N)cnn3c2)cn1. The van der Waals surface area contributed by atoms with Gasteiger partial charge in [-0.25, -0.2) is 18.9 Å². The number of nitrogens with zero attached hydrogens (tertiary/aromatic N) is 8. The first-order valence-corrected chi connectivity index (χ1v) is 13.9. The van der Waals surface area contributed by atoms with E-state index in [0.29, 0.717) is 17.4 Å². The number of fused-ring (bicyclic) bond motifs is 2. The summed E-state index contributed by atoms with van der Waals surface area (Å²) < 4.78 is 17.6. The minimum Gasteiger partial charge on any atom is -0.356 e. The highest BCUT2D eigenvalue weighted by atomic mass is 19.1. The van der Waals surface area contributed by atoms with E-state index in [9.17, 15) is 14.4 Å². The molecule has 6 heterocycles. The van der Waals surface area contributed by atoms with Crippen LogP contribution in [-0.2, 0) is 7.05 Å². The second-order valence-corrected chi connectivity index (χ2v) is 11.6. The number of amides is 1. The number of halogens is 1. The van der Waals surface area contributed by atoms with E-state index >= 15 is 0 Å². The van der Waals surface area contributed by atoms with Gasteiger partial charge in [-0.3, -0.25) is 9.48 Å². The Balaban J connectivity index is 1.09. The molecule has 1 saturated heterocycles. The number of anilines is 1. The molecule has 7 rings (SSSR count). The molecule has 5 aromatic heterocycles. The van der Waals surface area contributed by atoms with E-state index in [1.165, 1.54) is 18.3 Å². The molecule has 1 unspecified atom stereocenters. The normalized spacial score (nSPS) is 21.4. The molecule has 11 heteroatoms. The Hall–Kier alpha value is -5.11. The first kappa shape index (κ1) is 25.8. The number of hydrogen-bond acceptors (Lipinski definition) is 7. The summed E-state index contributed by atoms with van der Waals surface area (Å²) in [5.41, 5.74) is 4.33. The summed E-state index contributed by atoms with van der Waals surface area (Å²) in [6, 6.07) is 11.1. The highest BCUT2D eigenvalue weighted by Gasteiger charge is 2.48. The van der Waals surface area contributed by atoms with Gasteiger partial charge in [0.2, 0.25) is 0 Å². The van der Waals surface area contributed by atoms with Gasteiger partial charge < -0.3 is 10.2 Å². The fourth-order valence-electron chi connectivity index (χ4n) is 6.70. The van der Waals surface area contributed by atoms with Gasteiger partial charge in [-0.2, -0.15) is 15.5 Å². The molecule has 1 amide bonds. The molecule has 0 bridgehead atoms. The van der Waals surface area contributed by atoms with Crippen molar-refractivity contribution >= 4 is 17.2 Å². The lowest BCUT2D eigenvalue weighted by molar-refractivity contribution is 0.0895. The van der Waals surface area contributed by atoms with Crippen LogP contribution in [0.25, 0.3) is 27.8 Å². The van der Waals surface area contributed by atoms with Crippen molar-refractivity contribution in [2.24, 2.45) is 18.9 Å². The van der Waals surface area contributed by atoms with Crippen molar-refractivity contribution in [2.75, 3.05) is 18.0 Å². The number of carbonyl (C=O) groups excluding carboxylic acids is 1. The Bertz CT molecular complexity index is 1860. The third-order valence-corrected chi connectivity index (χ3v) is 8.54. The minimum absolute atomic E-state index is 0.164. The second kappa shape index (κ2) is 9.76. The van der Waals surface area contributed by atoms with Gasteiger partial charge in [0.25, 0.3) is 5.91 Å². The molecule has 42 heavy (non-hydrogen) atoms. The van der Waals surface area contributed by atoms with Crippen molar-refractivity contribution in [2.45, 2.75) is 25.3 Å². The standard InChI is InChI=1S/C31H28FN9O/c1-31(38-30(42)28-26(32)4-3-7-34-28)9-21-16-40(17-22(21)10-31)27-6-5-19(12-35-27)25-8-20(24-14-36-39(2)15-24)18-41-29(25)23(11-33)13-37-41/h3-8,12-15,18,21-22H,9-10,16-17H2,1-2H3,(H,38,42)/t21-,22+,31?. The molecule has 1 saturated carbocycles. The summed E-state index contributed by atoms with van der Waals surface area (Å²) in [5.74, 6) is 0.600. The molecule has 1 aliphatic carbocycles. The maximum Gasteiger partial charge on any atom is 0.273 e. The summed E-state index contributed by atoms with van der Waals surface area (Å²) in [4.78, 5) is 23.8. The highest BCUT2D eigenvalue weighted by Crippen LogP contribution is 2.45. The van der Waals surface area contributed by atoms with Crippen LogP contribution < -0.4 is 10.2 Å². The van der Waals surface area contributed by atoms with Crippen LogP contribution in [0.3, 0.4) is 0 Å². The van der Waals surface area contributed by atoms with Gasteiger partial charge in [-0.05, 0) is 61.9 Å². The minimum atomic E-state index is -0.612. The largest absolute Gasteiger partial charge is 0.356 e. The number of aromatic nitrogens is 6. The van der Waals surface area contributed by atoms with Crippen molar-refractivity contribution in [3.05, 3.63) is 84.6 Å². The van der Waals surface area contributed by atoms with Crippen LogP contribution in [0.4, 0.5) is 10.2 Å². The lowest BCUT2D eigenvalue weighted by atomic mass is 9.97. The predicted molar refractivity (Wildman–Crippen MR) is 154 cm³/mol. The number of nitrogens with one attached hydrogen (secondary N) is 1. The molecule has 0 spiro atoms. The Kier molecular flexibility index (Phi) is 6.01. The first-order chi connectivity index (χ1) is 20.3. The van der Waals surface area contributed by atoms with Gasteiger partial charge in [0.15, 0.2) is 11.5 Å². The van der Waals surface area contributed by atoms with Crippen molar-refractivity contribution in [3.63, 3.8) is 0 Å². The predicted octanol–water partition coefficient (Wildman–Crippen LogP) is 4.24. The third-order valence-electron chi connectivity index (χ3n) is 8.54. The Morgan fingerprint density at radius 1 is 1.05 bits per heavy atom. The Morgan fingerprint density at radius 3 is 2.52 bits per heavy atom. The summed E-state index contributed by atoms with van der Waals surface area (Å²) in [6.45, 7) is 3.71. The van der Waals surface area contributed by atoms with Crippen LogP contribution in [0, 0.1) is 29.0 Å². The van der Waals surface area contributed by atoms with Crippen molar-refractivity contribution in [3.8, 4) is 28.3 Å². The average molecular weight is 562 g/mol. The van der Waals surface area contributed by atoms with Gasteiger partial charge in [-0.15, -0.1) is 0 Å². The van der Waals surface area contributed by atoms with Crippen molar-refractivity contribution in [1.29, 1.82) is 5.26 Å². The van der Waals surface area contributed by atoms with Crippen LogP contribution >= 0.6 is 0 Å². The third kappa shape index (κ3) is 4.45. The highest BCUT2D eigenvalue weighted by molar-refractivity contribution is 5.93. The maximum absolute atomic E-state index is 14.1. The Morgan fingerprint density at radius 2 is 1.86 bits per heavy atom. The van der Waals surface area contributed by atoms with Gasteiger partial charge in [-0.1, -0.05) is 0 Å². The maximum atomic E-state index is 14.1. The summed E-state index contributed by atoms with van der Waals surface area (Å²) >= 11 is 0. The molecule has 2 aliphatic rings. The molecule has 5 aromatic rings. The van der Waals surface area contributed by atoms with Crippen LogP contribution in [0.5, 0.6) is 0 Å². The lowest BCUT2D eigenvalue weighted by Gasteiger charge is -2.28. The number of nitriles is 1. The van der Waals surface area contributed by atoms with Crippen LogP contribution in [0.1, 0.15) is 35.8 Å². The van der Waals surface area contributed by atoms with Crippen molar-refractivity contribution in [1.82, 2.24) is 34.7 Å². The fourth-order valence-corrected chi connectivity index (χ4v) is 6.70. The molecular weight excluding hydrogens is 533 g/mol. The van der Waals surface area contributed by atoms with Gasteiger partial charge >= 0.3 is 0 Å². The summed E-state index contributed by atoms with van der Waals surface area (Å²) in [6.07, 6.45) is 12.1. The van der Waals surface area contributed by atoms with E-state index in [2.05, 4.69) is 37.5 Å². The van der Waals surface area contributed by atoms with E-state index in [4.69, 9.17) is 4.98 Å². The molecular formula is C31H28FN9O. The second-order valence-electron chi connectivity index (χ2n) is 11.6. The zero-order valence-corrected chi connectivity index (χ0v) is 23.2. The van der Waals surface area contributed by atoms with E-state index in [-0.39, 0.29) is 5.69 Å². The number of pyridine rings is 3. The number of carbonyl (C=O) groups is 1. The molecule has 2 fully saturated rings. The molecule has 1 N–H and O–H groups in total. The summed E-state index contributed by atoms with van der Waals surface area (Å²) in [7, 11) is 1.87. The van der Waals surface area contributed by atoms with E-state index in [1.807, 2.05) is 44.7 Å². The van der Waals surface area contributed by atoms with Crippen LogP contribution in [0.15, 0.2) is 67.5 Å².